The fraction of sp³-hybridized carbons (Fsp3) is 0.760. The molecule has 0 amide bonds. The van der Waals surface area contributed by atoms with Crippen molar-refractivity contribution in [2.45, 2.75) is 74.7 Å². The van der Waals surface area contributed by atoms with Gasteiger partial charge in [0.2, 0.25) is 0 Å². The first-order valence-corrected chi connectivity index (χ1v) is 11.3. The lowest BCUT2D eigenvalue weighted by atomic mass is 10.1. The van der Waals surface area contributed by atoms with E-state index in [0.29, 0.717) is 0 Å². The van der Waals surface area contributed by atoms with Gasteiger partial charge in [-0.15, -0.1) is 0 Å². The normalized spacial score (nSPS) is 11.4. The third kappa shape index (κ3) is 13.9. The Balaban J connectivity index is 0.000000621. The average Bonchev–Trinajstić information content (AvgIpc) is 2.60. The van der Waals surface area contributed by atoms with Crippen LogP contribution in [0.3, 0.4) is 0 Å². The van der Waals surface area contributed by atoms with Gasteiger partial charge in [0.05, 0.1) is 0 Å². The molecule has 0 heterocycles. The van der Waals surface area contributed by atoms with Crippen molar-refractivity contribution in [3.63, 3.8) is 0 Å². The van der Waals surface area contributed by atoms with E-state index in [-0.39, 0.29) is 0 Å². The smallest absolute Gasteiger partial charge is 0.0109 e. The number of hydrogen-bond acceptors (Lipinski definition) is 2. The van der Waals surface area contributed by atoms with E-state index in [1.807, 2.05) is 0 Å². The number of benzene rings is 1. The van der Waals surface area contributed by atoms with Crippen LogP contribution in [-0.4, -0.2) is 49.1 Å². The first-order chi connectivity index (χ1) is 12.8. The van der Waals surface area contributed by atoms with Crippen LogP contribution in [0.4, 0.5) is 0 Å². The molecule has 2 nitrogen and oxygen atoms in total. The molecule has 158 valence electrons. The zero-order chi connectivity index (χ0) is 20.7. The minimum absolute atomic E-state index is 0.779. The molecule has 0 bridgehead atoms. The third-order valence-electron chi connectivity index (χ3n) is 4.70. The molecule has 1 aromatic carbocycles. The summed E-state index contributed by atoms with van der Waals surface area (Å²) in [5, 5.41) is 0. The van der Waals surface area contributed by atoms with E-state index < -0.39 is 0 Å². The molecule has 0 aromatic heterocycles. The molecule has 0 saturated heterocycles. The number of rotatable bonds is 12. The Bertz CT molecular complexity index is 433. The summed E-state index contributed by atoms with van der Waals surface area (Å²) in [6.07, 6.45) is 3.68. The van der Waals surface area contributed by atoms with Crippen molar-refractivity contribution in [2.24, 2.45) is 11.8 Å². The van der Waals surface area contributed by atoms with Gasteiger partial charge in [-0.3, -0.25) is 0 Å². The maximum atomic E-state index is 2.63. The standard InChI is InChI=1S/C16H36N2.C9H12/c1-7-9-17(13-15(3)4)11-12-18(10-8-2)14-16(5)6;1-3-9-7-5-4-6-8(9)2/h15-16H,7-14H2,1-6H3;4-7H,3H2,1-2H3. The second kappa shape index (κ2) is 16.1. The molecule has 0 spiro atoms. The molecule has 27 heavy (non-hydrogen) atoms. The first kappa shape index (κ1) is 26.1. The molecular formula is C25H48N2. The second-order valence-electron chi connectivity index (χ2n) is 8.67. The van der Waals surface area contributed by atoms with Crippen molar-refractivity contribution in [2.75, 3.05) is 39.3 Å². The number of nitrogens with zero attached hydrogens (tertiary/aromatic N) is 2. The van der Waals surface area contributed by atoms with Gasteiger partial charge in [0.1, 0.15) is 0 Å². The van der Waals surface area contributed by atoms with Crippen LogP contribution in [0, 0.1) is 18.8 Å². The van der Waals surface area contributed by atoms with E-state index >= 15 is 0 Å². The fourth-order valence-electron chi connectivity index (χ4n) is 3.54. The van der Waals surface area contributed by atoms with E-state index in [9.17, 15) is 0 Å². The maximum absolute atomic E-state index is 2.63. The monoisotopic (exact) mass is 376 g/mol. The Hall–Kier alpha value is -0.860. The predicted molar refractivity (Wildman–Crippen MR) is 124 cm³/mol. The highest BCUT2D eigenvalue weighted by atomic mass is 15.2. The van der Waals surface area contributed by atoms with Crippen molar-refractivity contribution in [3.05, 3.63) is 35.4 Å². The van der Waals surface area contributed by atoms with Crippen LogP contribution >= 0.6 is 0 Å². The van der Waals surface area contributed by atoms with E-state index in [4.69, 9.17) is 0 Å². The van der Waals surface area contributed by atoms with Crippen molar-refractivity contribution in [3.8, 4) is 0 Å². The van der Waals surface area contributed by atoms with Crippen LogP contribution in [-0.2, 0) is 6.42 Å². The molecule has 1 aromatic rings. The van der Waals surface area contributed by atoms with E-state index in [1.54, 1.807) is 0 Å². The molecule has 0 atom stereocenters. The van der Waals surface area contributed by atoms with Crippen molar-refractivity contribution in [1.29, 1.82) is 0 Å². The number of aryl methyl sites for hydroxylation is 2. The lowest BCUT2D eigenvalue weighted by molar-refractivity contribution is 0.179. The van der Waals surface area contributed by atoms with Gasteiger partial charge in [-0.1, -0.05) is 72.7 Å². The summed E-state index contributed by atoms with van der Waals surface area (Å²) < 4.78 is 0. The van der Waals surface area contributed by atoms with Crippen LogP contribution in [0.15, 0.2) is 24.3 Å². The highest BCUT2D eigenvalue weighted by Gasteiger charge is 2.10. The van der Waals surface area contributed by atoms with Crippen LogP contribution in [0.5, 0.6) is 0 Å². The lowest BCUT2D eigenvalue weighted by Crippen LogP contribution is -2.39. The van der Waals surface area contributed by atoms with Crippen LogP contribution in [0.1, 0.15) is 72.4 Å². The summed E-state index contributed by atoms with van der Waals surface area (Å²) in [4.78, 5) is 5.27. The molecule has 0 N–H and O–H groups in total. The Morgan fingerprint density at radius 2 is 1.15 bits per heavy atom. The molecule has 0 aliphatic heterocycles. The highest BCUT2D eigenvalue weighted by molar-refractivity contribution is 5.24. The fourth-order valence-corrected chi connectivity index (χ4v) is 3.54. The molecule has 1 rings (SSSR count). The topological polar surface area (TPSA) is 6.48 Å². The summed E-state index contributed by atoms with van der Waals surface area (Å²) in [6, 6.07) is 8.49. The van der Waals surface area contributed by atoms with Crippen molar-refractivity contribution in [1.82, 2.24) is 9.80 Å². The molecule has 0 aliphatic rings. The van der Waals surface area contributed by atoms with Crippen LogP contribution in [0.25, 0.3) is 0 Å². The molecule has 0 saturated carbocycles. The van der Waals surface area contributed by atoms with Gasteiger partial charge < -0.3 is 9.80 Å². The van der Waals surface area contributed by atoms with Gasteiger partial charge in [-0.25, -0.2) is 0 Å². The Morgan fingerprint density at radius 1 is 0.704 bits per heavy atom. The first-order valence-electron chi connectivity index (χ1n) is 11.3. The highest BCUT2D eigenvalue weighted by Crippen LogP contribution is 2.06. The van der Waals surface area contributed by atoms with E-state index in [0.717, 1.165) is 18.3 Å². The molecule has 0 aliphatic carbocycles. The van der Waals surface area contributed by atoms with Gasteiger partial charge in [0.15, 0.2) is 0 Å². The summed E-state index contributed by atoms with van der Waals surface area (Å²) in [6.45, 7) is 25.6. The quantitative estimate of drug-likeness (QED) is 0.423. The average molecular weight is 377 g/mol. The van der Waals surface area contributed by atoms with Gasteiger partial charge in [0, 0.05) is 26.2 Å². The van der Waals surface area contributed by atoms with Crippen LogP contribution < -0.4 is 0 Å². The largest absolute Gasteiger partial charge is 0.302 e. The SMILES string of the molecule is CCCN(CCN(CCC)CC(C)C)CC(C)C.CCc1ccccc1C. The van der Waals surface area contributed by atoms with Crippen molar-refractivity contribution < 1.29 is 0 Å². The molecule has 0 unspecified atom stereocenters. The summed E-state index contributed by atoms with van der Waals surface area (Å²) in [5.41, 5.74) is 2.86. The Morgan fingerprint density at radius 3 is 1.44 bits per heavy atom. The minimum atomic E-state index is 0.779. The molecular weight excluding hydrogens is 328 g/mol. The number of hydrogen-bond donors (Lipinski definition) is 0. The second-order valence-corrected chi connectivity index (χ2v) is 8.67. The Kier molecular flexibility index (Phi) is 15.6. The summed E-state index contributed by atoms with van der Waals surface area (Å²) in [7, 11) is 0. The zero-order valence-electron chi connectivity index (χ0n) is 19.7. The lowest BCUT2D eigenvalue weighted by Gasteiger charge is -2.29. The van der Waals surface area contributed by atoms with E-state index in [1.165, 1.54) is 63.2 Å². The van der Waals surface area contributed by atoms with Gasteiger partial charge in [0.25, 0.3) is 0 Å². The summed E-state index contributed by atoms with van der Waals surface area (Å²) in [5.74, 6) is 1.56. The summed E-state index contributed by atoms with van der Waals surface area (Å²) >= 11 is 0. The zero-order valence-corrected chi connectivity index (χ0v) is 19.7. The van der Waals surface area contributed by atoms with E-state index in [2.05, 4.69) is 89.5 Å². The van der Waals surface area contributed by atoms with Crippen LogP contribution in [0.2, 0.25) is 0 Å². The van der Waals surface area contributed by atoms with Gasteiger partial charge >= 0.3 is 0 Å². The third-order valence-corrected chi connectivity index (χ3v) is 4.70. The Labute approximate surface area is 171 Å². The molecule has 0 fully saturated rings. The molecule has 0 radical (unpaired) electrons. The van der Waals surface area contributed by atoms with Gasteiger partial charge in [-0.05, 0) is 62.2 Å². The van der Waals surface area contributed by atoms with Gasteiger partial charge in [-0.2, -0.15) is 0 Å². The minimum Gasteiger partial charge on any atom is -0.302 e. The van der Waals surface area contributed by atoms with Crippen molar-refractivity contribution >= 4 is 0 Å². The molecule has 2 heteroatoms. The predicted octanol–water partition coefficient (Wildman–Crippen LogP) is 6.28. The maximum Gasteiger partial charge on any atom is 0.0109 e.